The number of esters is 1. The summed E-state index contributed by atoms with van der Waals surface area (Å²) in [6.07, 6.45) is -2.73. The number of carbonyl (C=O) groups excluding carboxylic acids is 1. The minimum atomic E-state index is -4.35. The van der Waals surface area contributed by atoms with Crippen molar-refractivity contribution in [1.29, 1.82) is 0 Å². The van der Waals surface area contributed by atoms with E-state index in [1.54, 1.807) is 6.92 Å². The Balaban J connectivity index is 1.56. The second kappa shape index (κ2) is 11.2. The van der Waals surface area contributed by atoms with Crippen molar-refractivity contribution < 1.29 is 27.4 Å². The van der Waals surface area contributed by atoms with Gasteiger partial charge in [-0.3, -0.25) is 9.78 Å². The number of nitrogens with zero attached hydrogens (tertiary/aromatic N) is 1. The summed E-state index contributed by atoms with van der Waals surface area (Å²) in [6.45, 7) is 6.51. The molecule has 3 rings (SSSR count). The fraction of sp³-hybridized carbons (Fsp3) is 0.333. The largest absolute Gasteiger partial charge is 0.493 e. The van der Waals surface area contributed by atoms with Crippen molar-refractivity contribution in [2.45, 2.75) is 46.2 Å². The number of aromatic nitrogens is 1. The van der Waals surface area contributed by atoms with Crippen molar-refractivity contribution in [3.8, 4) is 17.0 Å². The summed E-state index contributed by atoms with van der Waals surface area (Å²) in [6, 6.07) is 14.6. The molecule has 0 bridgehead atoms. The number of rotatable bonds is 9. The molecule has 0 fully saturated rings. The first kappa shape index (κ1) is 25.3. The average Bonchev–Trinajstić information content (AvgIpc) is 2.79. The van der Waals surface area contributed by atoms with Crippen LogP contribution in [-0.2, 0) is 28.5 Å². The van der Waals surface area contributed by atoms with Crippen LogP contribution in [0.4, 0.5) is 13.2 Å². The molecule has 34 heavy (non-hydrogen) atoms. The fourth-order valence-electron chi connectivity index (χ4n) is 3.63. The topological polar surface area (TPSA) is 48.4 Å². The molecule has 1 aromatic heterocycles. The lowest BCUT2D eigenvalue weighted by Gasteiger charge is -2.12. The molecule has 0 spiro atoms. The Labute approximate surface area is 197 Å². The molecule has 4 nitrogen and oxygen atoms in total. The highest BCUT2D eigenvalue weighted by Gasteiger charge is 2.30. The smallest absolute Gasteiger partial charge is 0.416 e. The molecule has 2 aromatic carbocycles. The number of halogens is 3. The van der Waals surface area contributed by atoms with E-state index < -0.39 is 11.7 Å². The van der Waals surface area contributed by atoms with Crippen molar-refractivity contribution in [3.05, 3.63) is 82.5 Å². The summed E-state index contributed by atoms with van der Waals surface area (Å²) in [7, 11) is 0. The van der Waals surface area contributed by atoms with Crippen LogP contribution in [0.5, 0.6) is 5.75 Å². The van der Waals surface area contributed by atoms with Gasteiger partial charge in [-0.25, -0.2) is 0 Å². The number of hydrogen-bond donors (Lipinski definition) is 0. The van der Waals surface area contributed by atoms with Crippen molar-refractivity contribution in [2.24, 2.45) is 0 Å². The van der Waals surface area contributed by atoms with Crippen LogP contribution >= 0.6 is 0 Å². The zero-order valence-electron chi connectivity index (χ0n) is 19.5. The minimum absolute atomic E-state index is 0.199. The predicted molar refractivity (Wildman–Crippen MR) is 125 cm³/mol. The molecule has 0 radical (unpaired) electrons. The maximum absolute atomic E-state index is 12.8. The van der Waals surface area contributed by atoms with Crippen molar-refractivity contribution >= 4 is 5.97 Å². The first-order chi connectivity index (χ1) is 16.2. The van der Waals surface area contributed by atoms with E-state index >= 15 is 0 Å². The quantitative estimate of drug-likeness (QED) is 0.334. The highest BCUT2D eigenvalue weighted by Crippen LogP contribution is 2.31. The molecule has 0 unspecified atom stereocenters. The number of hydrogen-bond acceptors (Lipinski definition) is 4. The zero-order chi connectivity index (χ0) is 24.7. The van der Waals surface area contributed by atoms with Crippen LogP contribution in [0, 0.1) is 13.8 Å². The molecule has 7 heteroatoms. The molecule has 0 saturated carbocycles. The Morgan fingerprint density at radius 3 is 2.26 bits per heavy atom. The van der Waals surface area contributed by atoms with Crippen LogP contribution in [-0.4, -0.2) is 24.2 Å². The van der Waals surface area contributed by atoms with Crippen LogP contribution in [0.3, 0.4) is 0 Å². The highest BCUT2D eigenvalue weighted by atomic mass is 19.4. The Kier molecular flexibility index (Phi) is 8.31. The molecule has 0 aliphatic carbocycles. The Bertz CT molecular complexity index is 1120. The van der Waals surface area contributed by atoms with Crippen LogP contribution < -0.4 is 4.74 Å². The van der Waals surface area contributed by atoms with Crippen molar-refractivity contribution in [3.63, 3.8) is 0 Å². The summed E-state index contributed by atoms with van der Waals surface area (Å²) in [5, 5.41) is 0. The Hall–Kier alpha value is -3.35. The van der Waals surface area contributed by atoms with Crippen molar-refractivity contribution in [1.82, 2.24) is 4.98 Å². The van der Waals surface area contributed by atoms with Gasteiger partial charge >= 0.3 is 12.1 Å². The van der Waals surface area contributed by atoms with E-state index in [1.807, 2.05) is 44.2 Å². The molecule has 0 amide bonds. The summed E-state index contributed by atoms with van der Waals surface area (Å²) >= 11 is 0. The van der Waals surface area contributed by atoms with Gasteiger partial charge < -0.3 is 9.47 Å². The summed E-state index contributed by atoms with van der Waals surface area (Å²) < 4.78 is 49.2. The summed E-state index contributed by atoms with van der Waals surface area (Å²) in [4.78, 5) is 16.1. The summed E-state index contributed by atoms with van der Waals surface area (Å²) in [5.74, 6) is 0.555. The van der Waals surface area contributed by atoms with E-state index in [-0.39, 0.29) is 5.97 Å². The second-order valence-electron chi connectivity index (χ2n) is 8.01. The maximum atomic E-state index is 12.8. The Morgan fingerprint density at radius 2 is 1.65 bits per heavy atom. The fourth-order valence-corrected chi connectivity index (χ4v) is 3.63. The van der Waals surface area contributed by atoms with Crippen LogP contribution in [0.2, 0.25) is 0 Å². The molecule has 3 aromatic rings. The SMILES string of the molecule is CCOC(=O)CCc1ccc(OCCc2ccc(-c3ccc(C(F)(F)F)cc3)nc2C)cc1C. The second-order valence-corrected chi connectivity index (χ2v) is 8.01. The standard InChI is InChI=1S/C27H28F3NO3/c1-4-33-26(32)14-9-20-7-12-24(17-18(20)2)34-16-15-21-8-13-25(31-19(21)3)22-5-10-23(11-6-22)27(28,29)30/h5-8,10-13,17H,4,9,14-16H2,1-3H3. The van der Waals surface area contributed by atoms with Crippen LogP contribution in [0.15, 0.2) is 54.6 Å². The number of benzene rings is 2. The van der Waals surface area contributed by atoms with Gasteiger partial charge in [0.1, 0.15) is 5.75 Å². The number of alkyl halides is 3. The third kappa shape index (κ3) is 6.83. The van der Waals surface area contributed by atoms with E-state index in [2.05, 4.69) is 4.98 Å². The van der Waals surface area contributed by atoms with Crippen molar-refractivity contribution in [2.75, 3.05) is 13.2 Å². The lowest BCUT2D eigenvalue weighted by Crippen LogP contribution is -2.06. The number of ether oxygens (including phenoxy) is 2. The molecule has 180 valence electrons. The molecule has 0 saturated heterocycles. The van der Waals surface area contributed by atoms with E-state index in [9.17, 15) is 18.0 Å². The molecule has 0 aliphatic heterocycles. The monoisotopic (exact) mass is 471 g/mol. The highest BCUT2D eigenvalue weighted by molar-refractivity contribution is 5.69. The van der Waals surface area contributed by atoms with E-state index in [0.29, 0.717) is 43.7 Å². The zero-order valence-corrected chi connectivity index (χ0v) is 19.5. The molecule has 1 heterocycles. The van der Waals surface area contributed by atoms with Crippen LogP contribution in [0.1, 0.15) is 41.3 Å². The predicted octanol–water partition coefficient (Wildman–Crippen LogP) is 6.50. The maximum Gasteiger partial charge on any atom is 0.416 e. The lowest BCUT2D eigenvalue weighted by molar-refractivity contribution is -0.143. The number of carbonyl (C=O) groups is 1. The molecular formula is C27H28F3NO3. The van der Waals surface area contributed by atoms with Gasteiger partial charge in [0.15, 0.2) is 0 Å². The van der Waals surface area contributed by atoms with Gasteiger partial charge in [-0.1, -0.05) is 24.3 Å². The Morgan fingerprint density at radius 1 is 0.941 bits per heavy atom. The van der Waals surface area contributed by atoms with Gasteiger partial charge in [0.25, 0.3) is 0 Å². The number of pyridine rings is 1. The minimum Gasteiger partial charge on any atom is -0.493 e. The lowest BCUT2D eigenvalue weighted by atomic mass is 10.0. The number of aryl methyl sites for hydroxylation is 3. The van der Waals surface area contributed by atoms with Gasteiger partial charge in [-0.2, -0.15) is 13.2 Å². The van der Waals surface area contributed by atoms with Gasteiger partial charge in [-0.05, 0) is 74.2 Å². The van der Waals surface area contributed by atoms with E-state index in [1.165, 1.54) is 12.1 Å². The summed E-state index contributed by atoms with van der Waals surface area (Å²) in [5.41, 5.74) is 4.55. The molecular weight excluding hydrogens is 443 g/mol. The van der Waals surface area contributed by atoms with Gasteiger partial charge in [0, 0.05) is 24.1 Å². The molecule has 0 aliphatic rings. The van der Waals surface area contributed by atoms with Crippen LogP contribution in [0.25, 0.3) is 11.3 Å². The van der Waals surface area contributed by atoms with Gasteiger partial charge in [-0.15, -0.1) is 0 Å². The molecule has 0 atom stereocenters. The normalized spacial score (nSPS) is 11.4. The third-order valence-electron chi connectivity index (χ3n) is 5.56. The van der Waals surface area contributed by atoms with Gasteiger partial charge in [0.05, 0.1) is 24.5 Å². The first-order valence-corrected chi connectivity index (χ1v) is 11.2. The third-order valence-corrected chi connectivity index (χ3v) is 5.56. The van der Waals surface area contributed by atoms with E-state index in [4.69, 9.17) is 9.47 Å². The van der Waals surface area contributed by atoms with E-state index in [0.717, 1.165) is 40.3 Å². The molecule has 0 N–H and O–H groups in total. The average molecular weight is 472 g/mol. The van der Waals surface area contributed by atoms with Gasteiger partial charge in [0.2, 0.25) is 0 Å². The first-order valence-electron chi connectivity index (χ1n) is 11.2.